The predicted octanol–water partition coefficient (Wildman–Crippen LogP) is 2.36. The summed E-state index contributed by atoms with van der Waals surface area (Å²) in [6.07, 6.45) is 7.98. The van der Waals surface area contributed by atoms with Crippen LogP contribution in [0.5, 0.6) is 0 Å². The van der Waals surface area contributed by atoms with Gasteiger partial charge in [-0.3, -0.25) is 9.67 Å². The number of piperidine rings is 1. The summed E-state index contributed by atoms with van der Waals surface area (Å²) in [4.78, 5) is 6.94. The zero-order valence-electron chi connectivity index (χ0n) is 16.6. The van der Waals surface area contributed by atoms with Crippen LogP contribution in [-0.2, 0) is 13.6 Å². The first-order valence-corrected chi connectivity index (χ1v) is 9.77. The van der Waals surface area contributed by atoms with Crippen molar-refractivity contribution in [1.82, 2.24) is 25.3 Å². The minimum absolute atomic E-state index is 0.764. The fraction of sp³-hybridized carbons (Fsp3) is 0.789. The summed E-state index contributed by atoms with van der Waals surface area (Å²) in [7, 11) is 3.82. The van der Waals surface area contributed by atoms with Gasteiger partial charge in [0.2, 0.25) is 0 Å². The van der Waals surface area contributed by atoms with Crippen LogP contribution >= 0.6 is 0 Å². The largest absolute Gasteiger partial charge is 0.356 e. The molecule has 2 rings (SSSR count). The molecule has 1 aliphatic heterocycles. The number of rotatable bonds is 8. The molecule has 6 nitrogen and oxygen atoms in total. The highest BCUT2D eigenvalue weighted by molar-refractivity contribution is 5.79. The van der Waals surface area contributed by atoms with Crippen molar-refractivity contribution in [2.75, 3.05) is 33.2 Å². The smallest absolute Gasteiger partial charge is 0.191 e. The first kappa shape index (κ1) is 19.8. The van der Waals surface area contributed by atoms with Gasteiger partial charge in [-0.1, -0.05) is 12.8 Å². The van der Waals surface area contributed by atoms with Gasteiger partial charge in [0.1, 0.15) is 0 Å². The van der Waals surface area contributed by atoms with Gasteiger partial charge in [0, 0.05) is 38.4 Å². The van der Waals surface area contributed by atoms with E-state index in [0.29, 0.717) is 0 Å². The number of hydrogen-bond donors (Lipinski definition) is 2. The molecule has 2 N–H and O–H groups in total. The zero-order chi connectivity index (χ0) is 18.1. The van der Waals surface area contributed by atoms with Crippen LogP contribution in [0.25, 0.3) is 0 Å². The molecule has 0 spiro atoms. The minimum atomic E-state index is 0.764. The van der Waals surface area contributed by atoms with E-state index in [1.54, 1.807) is 0 Å². The van der Waals surface area contributed by atoms with E-state index in [0.717, 1.165) is 24.7 Å². The van der Waals surface area contributed by atoms with E-state index in [-0.39, 0.29) is 0 Å². The summed E-state index contributed by atoms with van der Waals surface area (Å²) in [6.45, 7) is 9.79. The molecule has 0 aliphatic carbocycles. The minimum Gasteiger partial charge on any atom is -0.356 e. The van der Waals surface area contributed by atoms with Gasteiger partial charge in [0.05, 0.1) is 5.69 Å². The number of guanidine groups is 1. The van der Waals surface area contributed by atoms with Crippen molar-refractivity contribution in [2.24, 2.45) is 12.0 Å². The van der Waals surface area contributed by atoms with Crippen LogP contribution < -0.4 is 10.6 Å². The molecule has 0 unspecified atom stereocenters. The molecule has 0 amide bonds. The second-order valence-corrected chi connectivity index (χ2v) is 7.09. The molecule has 0 saturated carbocycles. The van der Waals surface area contributed by atoms with E-state index in [2.05, 4.69) is 39.5 Å². The molecule has 0 radical (unpaired) electrons. The SMILES string of the molecule is CN=C(NCCCCCN1CCCCC1)NCc1c(C)nn(C)c1C. The number of aliphatic imine (C=N–C) groups is 1. The van der Waals surface area contributed by atoms with E-state index < -0.39 is 0 Å². The lowest BCUT2D eigenvalue weighted by Crippen LogP contribution is -2.37. The Morgan fingerprint density at radius 1 is 1.08 bits per heavy atom. The lowest BCUT2D eigenvalue weighted by Gasteiger charge is -2.26. The third kappa shape index (κ3) is 6.34. The highest BCUT2D eigenvalue weighted by atomic mass is 15.3. The summed E-state index contributed by atoms with van der Waals surface area (Å²) < 4.78 is 1.94. The van der Waals surface area contributed by atoms with E-state index in [9.17, 15) is 0 Å². The molecule has 0 aromatic carbocycles. The van der Waals surface area contributed by atoms with Crippen molar-refractivity contribution in [3.63, 3.8) is 0 Å². The lowest BCUT2D eigenvalue weighted by molar-refractivity contribution is 0.224. The first-order valence-electron chi connectivity index (χ1n) is 9.77. The fourth-order valence-corrected chi connectivity index (χ4v) is 3.49. The summed E-state index contributed by atoms with van der Waals surface area (Å²) in [6, 6.07) is 0. The molecule has 1 aromatic rings. The highest BCUT2D eigenvalue weighted by Crippen LogP contribution is 2.11. The molecule has 1 fully saturated rings. The molecular formula is C19H36N6. The number of unbranched alkanes of at least 4 members (excludes halogenated alkanes) is 2. The fourth-order valence-electron chi connectivity index (χ4n) is 3.49. The van der Waals surface area contributed by atoms with Crippen molar-refractivity contribution in [3.05, 3.63) is 17.0 Å². The number of aromatic nitrogens is 2. The molecule has 0 atom stereocenters. The Kier molecular flexibility index (Phi) is 8.25. The van der Waals surface area contributed by atoms with Crippen LogP contribution in [0.1, 0.15) is 55.5 Å². The van der Waals surface area contributed by atoms with E-state index in [1.165, 1.54) is 69.4 Å². The molecule has 1 aromatic heterocycles. The van der Waals surface area contributed by atoms with E-state index in [4.69, 9.17) is 0 Å². The van der Waals surface area contributed by atoms with E-state index >= 15 is 0 Å². The van der Waals surface area contributed by atoms with Crippen molar-refractivity contribution in [3.8, 4) is 0 Å². The van der Waals surface area contributed by atoms with Gasteiger partial charge in [-0.05, 0) is 59.2 Å². The number of nitrogens with one attached hydrogen (secondary N) is 2. The highest BCUT2D eigenvalue weighted by Gasteiger charge is 2.10. The molecule has 142 valence electrons. The van der Waals surface area contributed by atoms with Crippen LogP contribution in [0.3, 0.4) is 0 Å². The Labute approximate surface area is 153 Å². The Balaban J connectivity index is 1.58. The Morgan fingerprint density at radius 2 is 1.84 bits per heavy atom. The van der Waals surface area contributed by atoms with Gasteiger partial charge in [-0.15, -0.1) is 0 Å². The van der Waals surface area contributed by atoms with Gasteiger partial charge >= 0.3 is 0 Å². The second kappa shape index (κ2) is 10.4. The zero-order valence-corrected chi connectivity index (χ0v) is 16.6. The van der Waals surface area contributed by atoms with Gasteiger partial charge in [-0.2, -0.15) is 5.10 Å². The second-order valence-electron chi connectivity index (χ2n) is 7.09. The monoisotopic (exact) mass is 348 g/mol. The van der Waals surface area contributed by atoms with Gasteiger partial charge in [0.25, 0.3) is 0 Å². The molecule has 1 saturated heterocycles. The molecule has 25 heavy (non-hydrogen) atoms. The Morgan fingerprint density at radius 3 is 2.48 bits per heavy atom. The average molecular weight is 349 g/mol. The van der Waals surface area contributed by atoms with Crippen LogP contribution in [0.2, 0.25) is 0 Å². The quantitative estimate of drug-likeness (QED) is 0.430. The normalized spacial score (nSPS) is 16.2. The lowest BCUT2D eigenvalue weighted by atomic mass is 10.1. The Hall–Kier alpha value is -1.56. The van der Waals surface area contributed by atoms with E-state index in [1.807, 2.05) is 18.8 Å². The number of nitrogens with zero attached hydrogens (tertiary/aromatic N) is 4. The number of aryl methyl sites for hydroxylation is 2. The third-order valence-corrected chi connectivity index (χ3v) is 5.21. The molecule has 2 heterocycles. The molecular weight excluding hydrogens is 312 g/mol. The van der Waals surface area contributed by atoms with Gasteiger partial charge in [0.15, 0.2) is 5.96 Å². The van der Waals surface area contributed by atoms with Crippen molar-refractivity contribution in [1.29, 1.82) is 0 Å². The van der Waals surface area contributed by atoms with Gasteiger partial charge < -0.3 is 15.5 Å². The van der Waals surface area contributed by atoms with Crippen molar-refractivity contribution in [2.45, 2.75) is 58.9 Å². The Bertz CT molecular complexity index is 542. The maximum atomic E-state index is 4.46. The number of hydrogen-bond acceptors (Lipinski definition) is 3. The van der Waals surface area contributed by atoms with Crippen LogP contribution in [0, 0.1) is 13.8 Å². The summed E-state index contributed by atoms with van der Waals surface area (Å²) in [5.41, 5.74) is 3.55. The van der Waals surface area contributed by atoms with Crippen LogP contribution in [0.4, 0.5) is 0 Å². The molecule has 6 heteroatoms. The first-order chi connectivity index (χ1) is 12.1. The summed E-state index contributed by atoms with van der Waals surface area (Å²) >= 11 is 0. The average Bonchev–Trinajstić information content (AvgIpc) is 2.87. The maximum Gasteiger partial charge on any atom is 0.191 e. The standard InChI is InChI=1S/C19H36N6/c1-16-18(17(2)24(4)23-16)15-22-19(20-3)21-11-7-5-8-12-25-13-9-6-10-14-25/h5-15H2,1-4H3,(H2,20,21,22). The maximum absolute atomic E-state index is 4.46. The molecule has 0 bridgehead atoms. The topological polar surface area (TPSA) is 57.5 Å². The predicted molar refractivity (Wildman–Crippen MR) is 105 cm³/mol. The van der Waals surface area contributed by atoms with Crippen LogP contribution in [0.15, 0.2) is 4.99 Å². The number of likely N-dealkylation sites (tertiary alicyclic amines) is 1. The summed E-state index contributed by atoms with van der Waals surface area (Å²) in [5.74, 6) is 0.874. The summed E-state index contributed by atoms with van der Waals surface area (Å²) in [5, 5.41) is 11.3. The van der Waals surface area contributed by atoms with Crippen LogP contribution in [-0.4, -0.2) is 53.9 Å². The van der Waals surface area contributed by atoms with Crippen molar-refractivity contribution >= 4 is 5.96 Å². The molecule has 1 aliphatic rings. The third-order valence-electron chi connectivity index (χ3n) is 5.21. The van der Waals surface area contributed by atoms with Gasteiger partial charge in [-0.25, -0.2) is 0 Å². The van der Waals surface area contributed by atoms with Crippen molar-refractivity contribution < 1.29 is 0 Å².